The zero-order chi connectivity index (χ0) is 11.7. The average Bonchev–Trinajstić information content (AvgIpc) is 2.58. The summed E-state index contributed by atoms with van der Waals surface area (Å²) in [4.78, 5) is 2.37. The maximum Gasteiger partial charge on any atom is 0.0642 e. The highest BCUT2D eigenvalue weighted by atomic mass is 35.5. The quantitative estimate of drug-likeness (QED) is 0.719. The summed E-state index contributed by atoms with van der Waals surface area (Å²) in [6.45, 7) is 6.79. The predicted octanol–water partition coefficient (Wildman–Crippen LogP) is 4.17. The number of benzene rings is 1. The van der Waals surface area contributed by atoms with Gasteiger partial charge in [0.15, 0.2) is 0 Å². The lowest BCUT2D eigenvalue weighted by Gasteiger charge is -2.20. The van der Waals surface area contributed by atoms with Crippen LogP contribution in [0.15, 0.2) is 18.2 Å². The van der Waals surface area contributed by atoms with Crippen LogP contribution >= 0.6 is 23.2 Å². The summed E-state index contributed by atoms with van der Waals surface area (Å²) < 4.78 is 0. The van der Waals surface area contributed by atoms with E-state index in [9.17, 15) is 0 Å². The Morgan fingerprint density at radius 3 is 2.38 bits per heavy atom. The molecule has 0 bridgehead atoms. The highest BCUT2D eigenvalue weighted by Crippen LogP contribution is 2.33. The van der Waals surface area contributed by atoms with Gasteiger partial charge >= 0.3 is 0 Å². The third kappa shape index (κ3) is 2.31. The van der Waals surface area contributed by atoms with E-state index in [1.807, 2.05) is 6.07 Å². The summed E-state index contributed by atoms with van der Waals surface area (Å²) >= 11 is 12.1. The van der Waals surface area contributed by atoms with E-state index in [-0.39, 0.29) is 0 Å². The zero-order valence-electron chi connectivity index (χ0n) is 9.71. The van der Waals surface area contributed by atoms with E-state index in [0.717, 1.165) is 41.2 Å². The number of hydrogen-bond acceptors (Lipinski definition) is 1. The topological polar surface area (TPSA) is 3.24 Å². The fourth-order valence-corrected chi connectivity index (χ4v) is 2.71. The van der Waals surface area contributed by atoms with Crippen molar-refractivity contribution in [1.29, 1.82) is 0 Å². The Morgan fingerprint density at radius 2 is 1.88 bits per heavy atom. The van der Waals surface area contributed by atoms with Crippen molar-refractivity contribution in [3.63, 3.8) is 0 Å². The molecular weight excluding hydrogens is 241 g/mol. The number of alkyl halides is 1. The first-order valence-corrected chi connectivity index (χ1v) is 6.62. The highest BCUT2D eigenvalue weighted by Gasteiger charge is 2.27. The van der Waals surface area contributed by atoms with Crippen molar-refractivity contribution in [2.45, 2.75) is 19.7 Å². The molecule has 16 heavy (non-hydrogen) atoms. The minimum absolute atomic E-state index is 0.521. The molecular formula is C13H17Cl2N. The molecule has 1 aromatic carbocycles. The number of nitrogens with zero attached hydrogens (tertiary/aromatic N) is 1. The summed E-state index contributed by atoms with van der Waals surface area (Å²) in [6.07, 6.45) is 0. The van der Waals surface area contributed by atoms with Gasteiger partial charge in [-0.1, -0.05) is 31.5 Å². The molecule has 1 heterocycles. The van der Waals surface area contributed by atoms with Crippen LogP contribution in [0.2, 0.25) is 5.02 Å². The van der Waals surface area contributed by atoms with E-state index in [4.69, 9.17) is 23.2 Å². The fourth-order valence-electron chi connectivity index (χ4n) is 2.22. The van der Waals surface area contributed by atoms with Crippen LogP contribution in [0.3, 0.4) is 0 Å². The molecule has 1 nitrogen and oxygen atoms in total. The minimum Gasteiger partial charge on any atom is -0.370 e. The summed E-state index contributed by atoms with van der Waals surface area (Å²) in [6, 6.07) is 6.12. The summed E-state index contributed by atoms with van der Waals surface area (Å²) in [5.41, 5.74) is 2.22. The molecule has 1 aromatic rings. The number of rotatable bonds is 2. The van der Waals surface area contributed by atoms with E-state index < -0.39 is 0 Å². The SMILES string of the molecule is CC1CN(c2ccc(CCl)cc2Cl)CC1C. The number of hydrogen-bond donors (Lipinski definition) is 0. The Labute approximate surface area is 107 Å². The predicted molar refractivity (Wildman–Crippen MR) is 71.6 cm³/mol. The lowest BCUT2D eigenvalue weighted by Crippen LogP contribution is -2.19. The molecule has 0 aliphatic carbocycles. The molecule has 1 saturated heterocycles. The van der Waals surface area contributed by atoms with Crippen LogP contribution in [0.1, 0.15) is 19.4 Å². The first-order chi connectivity index (χ1) is 7.61. The Hall–Kier alpha value is -0.400. The molecule has 0 spiro atoms. The van der Waals surface area contributed by atoms with Crippen LogP contribution in [0.4, 0.5) is 5.69 Å². The van der Waals surface area contributed by atoms with Crippen LogP contribution in [0.25, 0.3) is 0 Å². The Balaban J connectivity index is 2.22. The second kappa shape index (κ2) is 4.85. The Bertz CT molecular complexity index is 368. The van der Waals surface area contributed by atoms with Gasteiger partial charge in [-0.3, -0.25) is 0 Å². The van der Waals surface area contributed by atoms with Crippen molar-refractivity contribution in [1.82, 2.24) is 0 Å². The molecule has 0 amide bonds. The number of halogens is 2. The van der Waals surface area contributed by atoms with Crippen molar-refractivity contribution in [3.05, 3.63) is 28.8 Å². The van der Waals surface area contributed by atoms with Crippen molar-refractivity contribution in [3.8, 4) is 0 Å². The molecule has 0 radical (unpaired) electrons. The van der Waals surface area contributed by atoms with Gasteiger partial charge in [0, 0.05) is 19.0 Å². The molecule has 2 atom stereocenters. The van der Waals surface area contributed by atoms with Gasteiger partial charge in [0.2, 0.25) is 0 Å². The van der Waals surface area contributed by atoms with Crippen LogP contribution in [0.5, 0.6) is 0 Å². The lowest BCUT2D eigenvalue weighted by atomic mass is 10.0. The molecule has 2 rings (SSSR count). The molecule has 0 aromatic heterocycles. The van der Waals surface area contributed by atoms with Crippen molar-refractivity contribution in [2.24, 2.45) is 11.8 Å². The van der Waals surface area contributed by atoms with E-state index in [1.54, 1.807) is 0 Å². The van der Waals surface area contributed by atoms with Crippen LogP contribution in [-0.4, -0.2) is 13.1 Å². The molecule has 3 heteroatoms. The Morgan fingerprint density at radius 1 is 1.25 bits per heavy atom. The zero-order valence-corrected chi connectivity index (χ0v) is 11.2. The molecule has 1 aliphatic heterocycles. The molecule has 0 saturated carbocycles. The molecule has 88 valence electrons. The molecule has 0 N–H and O–H groups in total. The summed E-state index contributed by atoms with van der Waals surface area (Å²) in [7, 11) is 0. The van der Waals surface area contributed by atoms with Crippen molar-refractivity contribution >= 4 is 28.9 Å². The number of anilines is 1. The maximum atomic E-state index is 6.28. The fraction of sp³-hybridized carbons (Fsp3) is 0.538. The first-order valence-electron chi connectivity index (χ1n) is 5.71. The van der Waals surface area contributed by atoms with Crippen molar-refractivity contribution < 1.29 is 0 Å². The van der Waals surface area contributed by atoms with Gasteiger partial charge in [-0.25, -0.2) is 0 Å². The van der Waals surface area contributed by atoms with Gasteiger partial charge in [-0.05, 0) is 29.5 Å². The molecule has 2 unspecified atom stereocenters. The second-order valence-electron chi connectivity index (χ2n) is 4.78. The monoisotopic (exact) mass is 257 g/mol. The maximum absolute atomic E-state index is 6.28. The Kier molecular flexibility index (Phi) is 3.66. The second-order valence-corrected chi connectivity index (χ2v) is 5.45. The average molecular weight is 258 g/mol. The lowest BCUT2D eigenvalue weighted by molar-refractivity contribution is 0.494. The van der Waals surface area contributed by atoms with Gasteiger partial charge in [0.1, 0.15) is 0 Å². The standard InChI is InChI=1S/C13H17Cl2N/c1-9-7-16(8-10(9)2)13-4-3-11(6-14)5-12(13)15/h3-5,9-10H,6-8H2,1-2H3. The van der Waals surface area contributed by atoms with Gasteiger partial charge in [-0.15, -0.1) is 11.6 Å². The van der Waals surface area contributed by atoms with E-state index in [1.165, 1.54) is 0 Å². The van der Waals surface area contributed by atoms with Crippen molar-refractivity contribution in [2.75, 3.05) is 18.0 Å². The molecule has 1 fully saturated rings. The normalized spacial score (nSPS) is 25.1. The van der Waals surface area contributed by atoms with Gasteiger partial charge in [0.05, 0.1) is 10.7 Å². The van der Waals surface area contributed by atoms with Gasteiger partial charge in [-0.2, -0.15) is 0 Å². The highest BCUT2D eigenvalue weighted by molar-refractivity contribution is 6.33. The van der Waals surface area contributed by atoms with Crippen LogP contribution in [0, 0.1) is 11.8 Å². The van der Waals surface area contributed by atoms with E-state index >= 15 is 0 Å². The first kappa shape index (κ1) is 12.1. The third-order valence-electron chi connectivity index (χ3n) is 3.50. The third-order valence-corrected chi connectivity index (χ3v) is 4.11. The van der Waals surface area contributed by atoms with E-state index in [2.05, 4.69) is 30.9 Å². The van der Waals surface area contributed by atoms with Crippen LogP contribution in [-0.2, 0) is 5.88 Å². The largest absolute Gasteiger partial charge is 0.370 e. The van der Waals surface area contributed by atoms with E-state index in [0.29, 0.717) is 5.88 Å². The summed E-state index contributed by atoms with van der Waals surface area (Å²) in [5.74, 6) is 2.00. The minimum atomic E-state index is 0.521. The van der Waals surface area contributed by atoms with Crippen LogP contribution < -0.4 is 4.90 Å². The van der Waals surface area contributed by atoms with Gasteiger partial charge < -0.3 is 4.90 Å². The smallest absolute Gasteiger partial charge is 0.0642 e. The van der Waals surface area contributed by atoms with Gasteiger partial charge in [0.25, 0.3) is 0 Å². The summed E-state index contributed by atoms with van der Waals surface area (Å²) in [5, 5.41) is 0.819. The molecule has 1 aliphatic rings.